The van der Waals surface area contributed by atoms with Gasteiger partial charge in [0.2, 0.25) is 6.04 Å². The van der Waals surface area contributed by atoms with E-state index in [1.807, 2.05) is 17.5 Å². The zero-order valence-corrected chi connectivity index (χ0v) is 10.5. The molecule has 0 bridgehead atoms. The largest absolute Gasteiger partial charge is 0.264 e. The third kappa shape index (κ3) is 2.13. The van der Waals surface area contributed by atoms with Gasteiger partial charge in [-0.05, 0) is 11.4 Å². The number of fused-ring (bicyclic) bond motifs is 1. The quantitative estimate of drug-likeness (QED) is 0.622. The monoisotopic (exact) mass is 264 g/mol. The maximum atomic E-state index is 10.8. The Bertz CT molecular complexity index is 564. The van der Waals surface area contributed by atoms with E-state index >= 15 is 0 Å². The summed E-state index contributed by atoms with van der Waals surface area (Å²) < 4.78 is 1.69. The van der Waals surface area contributed by atoms with E-state index in [1.165, 1.54) is 4.88 Å². The Morgan fingerprint density at radius 3 is 3.22 bits per heavy atom. The average molecular weight is 264 g/mol. The topological polar surface area (TPSA) is 73.8 Å². The minimum atomic E-state index is -0.520. The number of aromatic nitrogens is 3. The van der Waals surface area contributed by atoms with Crippen LogP contribution in [0, 0.1) is 10.1 Å². The van der Waals surface area contributed by atoms with E-state index in [0.29, 0.717) is 25.8 Å². The van der Waals surface area contributed by atoms with Gasteiger partial charge in [0.25, 0.3) is 0 Å². The highest BCUT2D eigenvalue weighted by Gasteiger charge is 2.28. The molecular formula is C11H12N4O2S. The van der Waals surface area contributed by atoms with Crippen LogP contribution in [-0.4, -0.2) is 25.7 Å². The van der Waals surface area contributed by atoms with Gasteiger partial charge in [-0.15, -0.1) is 11.3 Å². The number of hydrogen-bond donors (Lipinski definition) is 0. The highest BCUT2D eigenvalue weighted by Crippen LogP contribution is 2.17. The second-order valence-corrected chi connectivity index (χ2v) is 5.39. The highest BCUT2D eigenvalue weighted by atomic mass is 32.1. The fraction of sp³-hybridized carbons (Fsp3) is 0.455. The van der Waals surface area contributed by atoms with Gasteiger partial charge in [-0.25, -0.2) is 9.67 Å². The van der Waals surface area contributed by atoms with Gasteiger partial charge in [-0.2, -0.15) is 5.10 Å². The smallest absolute Gasteiger partial charge is 0.232 e. The van der Waals surface area contributed by atoms with Crippen LogP contribution in [0.4, 0.5) is 0 Å². The molecule has 0 fully saturated rings. The lowest BCUT2D eigenvalue weighted by Gasteiger charge is -2.15. The van der Waals surface area contributed by atoms with E-state index in [-0.39, 0.29) is 4.92 Å². The molecule has 0 aliphatic carbocycles. The molecule has 1 aliphatic heterocycles. The fourth-order valence-corrected chi connectivity index (χ4v) is 2.86. The summed E-state index contributed by atoms with van der Waals surface area (Å²) in [5, 5.41) is 17.2. The molecule has 1 atom stereocenters. The predicted molar refractivity (Wildman–Crippen MR) is 66.3 cm³/mol. The van der Waals surface area contributed by atoms with Crippen molar-refractivity contribution in [2.75, 3.05) is 0 Å². The van der Waals surface area contributed by atoms with Crippen molar-refractivity contribution >= 4 is 11.3 Å². The summed E-state index contributed by atoms with van der Waals surface area (Å²) >= 11 is 1.67. The van der Waals surface area contributed by atoms with Gasteiger partial charge in [0.15, 0.2) is 5.82 Å². The van der Waals surface area contributed by atoms with E-state index in [2.05, 4.69) is 10.1 Å². The number of thiophene rings is 1. The van der Waals surface area contributed by atoms with Crippen molar-refractivity contribution in [2.45, 2.75) is 31.8 Å². The third-order valence-corrected chi connectivity index (χ3v) is 3.96. The molecule has 18 heavy (non-hydrogen) atoms. The molecule has 0 N–H and O–H groups in total. The Morgan fingerprint density at radius 1 is 1.61 bits per heavy atom. The summed E-state index contributed by atoms with van der Waals surface area (Å²) in [6.07, 6.45) is 1.91. The first-order valence-corrected chi connectivity index (χ1v) is 6.69. The summed E-state index contributed by atoms with van der Waals surface area (Å²) in [4.78, 5) is 16.2. The number of nitrogens with zero attached hydrogens (tertiary/aromatic N) is 4. The van der Waals surface area contributed by atoms with Crippen LogP contribution in [0.15, 0.2) is 17.5 Å². The van der Waals surface area contributed by atoms with Gasteiger partial charge in [0, 0.05) is 29.1 Å². The van der Waals surface area contributed by atoms with Crippen LogP contribution in [0.2, 0.25) is 0 Å². The van der Waals surface area contributed by atoms with Crippen molar-refractivity contribution in [1.29, 1.82) is 0 Å². The van der Waals surface area contributed by atoms with Crippen molar-refractivity contribution in [3.63, 3.8) is 0 Å². The molecule has 0 spiro atoms. The molecule has 6 nitrogen and oxygen atoms in total. The van der Waals surface area contributed by atoms with Crippen molar-refractivity contribution < 1.29 is 4.92 Å². The highest BCUT2D eigenvalue weighted by molar-refractivity contribution is 7.09. The summed E-state index contributed by atoms with van der Waals surface area (Å²) in [6.45, 7) is 0.347. The SMILES string of the molecule is O=[N+]([O-])C1CCc2nc(Cc3cccs3)nn2C1. The molecule has 0 saturated carbocycles. The lowest BCUT2D eigenvalue weighted by atomic mass is 10.1. The predicted octanol–water partition coefficient (Wildman–Crippen LogP) is 1.52. The van der Waals surface area contributed by atoms with E-state index in [0.717, 1.165) is 11.6 Å². The van der Waals surface area contributed by atoms with Crippen LogP contribution in [0.25, 0.3) is 0 Å². The second-order valence-electron chi connectivity index (χ2n) is 4.36. The Labute approximate surface area is 107 Å². The lowest BCUT2D eigenvalue weighted by Crippen LogP contribution is -2.31. The zero-order valence-electron chi connectivity index (χ0n) is 9.65. The first-order valence-electron chi connectivity index (χ1n) is 5.81. The van der Waals surface area contributed by atoms with Crippen LogP contribution >= 0.6 is 11.3 Å². The molecular weight excluding hydrogens is 252 g/mol. The molecule has 3 heterocycles. The van der Waals surface area contributed by atoms with Gasteiger partial charge in [0.1, 0.15) is 12.4 Å². The molecule has 0 radical (unpaired) electrons. The number of rotatable bonds is 3. The summed E-state index contributed by atoms with van der Waals surface area (Å²) in [5.41, 5.74) is 0. The molecule has 3 rings (SSSR count). The molecule has 7 heteroatoms. The fourth-order valence-electron chi connectivity index (χ4n) is 2.16. The third-order valence-electron chi connectivity index (χ3n) is 3.09. The van der Waals surface area contributed by atoms with Crippen molar-refractivity contribution in [1.82, 2.24) is 14.8 Å². The van der Waals surface area contributed by atoms with E-state index < -0.39 is 6.04 Å². The van der Waals surface area contributed by atoms with Gasteiger partial charge < -0.3 is 0 Å². The molecule has 2 aromatic rings. The normalized spacial score (nSPS) is 18.6. The molecule has 1 unspecified atom stereocenters. The molecule has 1 aliphatic rings. The minimum absolute atomic E-state index is 0.219. The van der Waals surface area contributed by atoms with Gasteiger partial charge in [0.05, 0.1) is 0 Å². The standard InChI is InChI=1S/C11H12N4O2S/c16-15(17)8-3-4-11-12-10(13-14(11)7-8)6-9-2-1-5-18-9/h1-2,5,8H,3-4,6-7H2. The number of nitro groups is 1. The Hall–Kier alpha value is -1.76. The van der Waals surface area contributed by atoms with Crippen LogP contribution in [-0.2, 0) is 19.4 Å². The Balaban J connectivity index is 1.78. The van der Waals surface area contributed by atoms with E-state index in [4.69, 9.17) is 0 Å². The molecule has 0 saturated heterocycles. The number of hydrogen-bond acceptors (Lipinski definition) is 5. The zero-order chi connectivity index (χ0) is 12.5. The average Bonchev–Trinajstić information content (AvgIpc) is 2.96. The van der Waals surface area contributed by atoms with E-state index in [9.17, 15) is 10.1 Å². The second kappa shape index (κ2) is 4.49. The molecule has 0 aromatic carbocycles. The summed E-state index contributed by atoms with van der Waals surface area (Å²) in [7, 11) is 0. The van der Waals surface area contributed by atoms with Gasteiger partial charge >= 0.3 is 0 Å². The molecule has 2 aromatic heterocycles. The van der Waals surface area contributed by atoms with Crippen molar-refractivity contribution in [3.8, 4) is 0 Å². The van der Waals surface area contributed by atoms with Crippen molar-refractivity contribution in [3.05, 3.63) is 44.2 Å². The number of aryl methyl sites for hydroxylation is 1. The van der Waals surface area contributed by atoms with Crippen LogP contribution < -0.4 is 0 Å². The maximum Gasteiger partial charge on any atom is 0.232 e. The Morgan fingerprint density at radius 2 is 2.50 bits per heavy atom. The van der Waals surface area contributed by atoms with Crippen LogP contribution in [0.5, 0.6) is 0 Å². The molecule has 94 valence electrons. The van der Waals surface area contributed by atoms with Crippen LogP contribution in [0.1, 0.15) is 22.9 Å². The van der Waals surface area contributed by atoms with Gasteiger partial charge in [-0.1, -0.05) is 6.07 Å². The lowest BCUT2D eigenvalue weighted by molar-refractivity contribution is -0.527. The molecule has 0 amide bonds. The Kier molecular flexibility index (Phi) is 2.83. The first kappa shape index (κ1) is 11.3. The van der Waals surface area contributed by atoms with Crippen LogP contribution in [0.3, 0.4) is 0 Å². The van der Waals surface area contributed by atoms with Gasteiger partial charge in [-0.3, -0.25) is 10.1 Å². The maximum absolute atomic E-state index is 10.8. The minimum Gasteiger partial charge on any atom is -0.264 e. The summed E-state index contributed by atoms with van der Waals surface area (Å²) in [5.74, 6) is 1.64. The van der Waals surface area contributed by atoms with E-state index in [1.54, 1.807) is 16.0 Å². The summed E-state index contributed by atoms with van der Waals surface area (Å²) in [6, 6.07) is 3.53. The van der Waals surface area contributed by atoms with Crippen molar-refractivity contribution in [2.24, 2.45) is 0 Å². The first-order chi connectivity index (χ1) is 8.72.